The molecule has 0 aromatic carbocycles. The maximum absolute atomic E-state index is 12.1. The number of hydrogen-bond acceptors (Lipinski definition) is 4. The first kappa shape index (κ1) is 11.0. The fraction of sp³-hybridized carbons (Fsp3) is 0.364. The molecule has 4 N–H and O–H groups in total. The highest BCUT2D eigenvalue weighted by atomic mass is 16.2. The predicted molar refractivity (Wildman–Crippen MR) is 64.9 cm³/mol. The monoisotopic (exact) mass is 246 g/mol. The van der Waals surface area contributed by atoms with Crippen LogP contribution in [-0.2, 0) is 17.8 Å². The van der Waals surface area contributed by atoms with Gasteiger partial charge in [-0.2, -0.15) is 5.10 Å². The Labute approximate surface area is 103 Å². The van der Waals surface area contributed by atoms with Crippen molar-refractivity contribution in [1.29, 1.82) is 0 Å². The zero-order chi connectivity index (χ0) is 12.5. The lowest BCUT2D eigenvalue weighted by molar-refractivity contribution is -0.118. The number of rotatable bonds is 2. The average molecular weight is 246 g/mol. The summed E-state index contributed by atoms with van der Waals surface area (Å²) in [6.45, 7) is 2.52. The molecule has 7 heteroatoms. The van der Waals surface area contributed by atoms with Gasteiger partial charge in [-0.25, -0.2) is 4.98 Å². The molecule has 0 aliphatic carbocycles. The number of aromatic amines is 2. The van der Waals surface area contributed by atoms with Crippen LogP contribution in [0.25, 0.3) is 0 Å². The van der Waals surface area contributed by atoms with E-state index in [2.05, 4.69) is 30.8 Å². The Bertz CT molecular complexity index is 572. The van der Waals surface area contributed by atoms with E-state index < -0.39 is 0 Å². The number of anilines is 1. The van der Waals surface area contributed by atoms with E-state index in [1.54, 1.807) is 12.5 Å². The molecular formula is C11H14N6O. The van der Waals surface area contributed by atoms with Gasteiger partial charge in [0.05, 0.1) is 30.0 Å². The number of carbonyl (C=O) groups excluding carboxylic acids is 1. The topological polar surface area (TPSA) is 98.5 Å². The molecule has 1 amide bonds. The lowest BCUT2D eigenvalue weighted by Gasteiger charge is -2.21. The van der Waals surface area contributed by atoms with Gasteiger partial charge < -0.3 is 10.3 Å². The summed E-state index contributed by atoms with van der Waals surface area (Å²) in [6, 6.07) is -0.261. The van der Waals surface area contributed by atoms with Crippen LogP contribution in [0.4, 0.5) is 5.82 Å². The summed E-state index contributed by atoms with van der Waals surface area (Å²) in [5.41, 5.74) is 2.92. The van der Waals surface area contributed by atoms with Gasteiger partial charge >= 0.3 is 0 Å². The number of imidazole rings is 1. The summed E-state index contributed by atoms with van der Waals surface area (Å²) in [5, 5.41) is 12.6. The van der Waals surface area contributed by atoms with Gasteiger partial charge in [0.1, 0.15) is 5.82 Å². The van der Waals surface area contributed by atoms with Crippen LogP contribution in [0.15, 0.2) is 12.5 Å². The molecule has 1 atom stereocenters. The summed E-state index contributed by atoms with van der Waals surface area (Å²) < 4.78 is 0. The van der Waals surface area contributed by atoms with Gasteiger partial charge in [-0.1, -0.05) is 0 Å². The molecular weight excluding hydrogens is 232 g/mol. The zero-order valence-electron chi connectivity index (χ0n) is 9.95. The molecule has 0 spiro atoms. The van der Waals surface area contributed by atoms with Gasteiger partial charge in [0.2, 0.25) is 5.91 Å². The van der Waals surface area contributed by atoms with Crippen LogP contribution in [0.1, 0.15) is 17.0 Å². The van der Waals surface area contributed by atoms with Gasteiger partial charge in [0.25, 0.3) is 0 Å². The van der Waals surface area contributed by atoms with Crippen molar-refractivity contribution in [2.45, 2.75) is 25.9 Å². The Balaban J connectivity index is 1.70. The molecule has 0 bridgehead atoms. The van der Waals surface area contributed by atoms with Crippen LogP contribution >= 0.6 is 0 Å². The lowest BCUT2D eigenvalue weighted by Crippen LogP contribution is -2.44. The highest BCUT2D eigenvalue weighted by Crippen LogP contribution is 2.14. The molecule has 0 saturated heterocycles. The average Bonchev–Trinajstić information content (AvgIpc) is 2.98. The van der Waals surface area contributed by atoms with E-state index >= 15 is 0 Å². The maximum atomic E-state index is 12.1. The van der Waals surface area contributed by atoms with E-state index in [9.17, 15) is 4.79 Å². The number of H-pyrrole nitrogens is 2. The first-order valence-electron chi connectivity index (χ1n) is 5.79. The molecule has 2 aromatic rings. The minimum Gasteiger partial charge on any atom is -0.347 e. The molecule has 94 valence electrons. The molecule has 18 heavy (non-hydrogen) atoms. The number of nitrogens with one attached hydrogen (secondary N) is 4. The van der Waals surface area contributed by atoms with Crippen LogP contribution in [0.5, 0.6) is 0 Å². The smallest absolute Gasteiger partial charge is 0.243 e. The number of aromatic nitrogens is 4. The number of fused-ring (bicyclic) bond motifs is 1. The van der Waals surface area contributed by atoms with Crippen LogP contribution in [0, 0.1) is 6.92 Å². The molecule has 2 aromatic heterocycles. The minimum atomic E-state index is -0.261. The maximum Gasteiger partial charge on any atom is 0.243 e. The molecule has 3 rings (SSSR count). The summed E-state index contributed by atoms with van der Waals surface area (Å²) in [4.78, 5) is 19.3. The number of hydrogen-bond donors (Lipinski definition) is 4. The van der Waals surface area contributed by atoms with E-state index in [4.69, 9.17) is 0 Å². The van der Waals surface area contributed by atoms with E-state index in [1.807, 2.05) is 6.92 Å². The fourth-order valence-corrected chi connectivity index (χ4v) is 2.04. The van der Waals surface area contributed by atoms with Crippen molar-refractivity contribution >= 4 is 11.7 Å². The van der Waals surface area contributed by atoms with Crippen LogP contribution in [0.2, 0.25) is 0 Å². The molecule has 0 saturated carbocycles. The first-order chi connectivity index (χ1) is 8.74. The van der Waals surface area contributed by atoms with Crippen LogP contribution < -0.4 is 10.6 Å². The number of nitrogens with zero attached hydrogens (tertiary/aromatic N) is 2. The second kappa shape index (κ2) is 4.26. The third kappa shape index (κ3) is 1.88. The Kier molecular flexibility index (Phi) is 2.60. The molecule has 0 radical (unpaired) electrons. The molecule has 0 fully saturated rings. The summed E-state index contributed by atoms with van der Waals surface area (Å²) >= 11 is 0. The standard InChI is InChI=1S/C11H14N6O/c1-6-3-15-17-10(6)16-11(18)8-2-7-9(4-12-8)14-5-13-7/h3,5,8,12H,2,4H2,1H3,(H,13,14)(H2,15,16,17,18). The van der Waals surface area contributed by atoms with Crippen molar-refractivity contribution in [2.24, 2.45) is 0 Å². The normalized spacial score (nSPS) is 18.4. The van der Waals surface area contributed by atoms with Crippen molar-refractivity contribution in [1.82, 2.24) is 25.5 Å². The van der Waals surface area contributed by atoms with Gasteiger partial charge in [0.15, 0.2) is 0 Å². The quantitative estimate of drug-likeness (QED) is 0.603. The van der Waals surface area contributed by atoms with E-state index in [0.717, 1.165) is 17.0 Å². The minimum absolute atomic E-state index is 0.0731. The predicted octanol–water partition coefficient (Wildman–Crippen LogP) is 0.0942. The number of aryl methyl sites for hydroxylation is 1. The Morgan fingerprint density at radius 3 is 3.22 bits per heavy atom. The molecule has 7 nitrogen and oxygen atoms in total. The molecule has 1 aliphatic heterocycles. The number of carbonyl (C=O) groups is 1. The van der Waals surface area contributed by atoms with E-state index in [0.29, 0.717) is 18.8 Å². The molecule has 3 heterocycles. The van der Waals surface area contributed by atoms with Crippen molar-refractivity contribution < 1.29 is 4.79 Å². The SMILES string of the molecule is Cc1cn[nH]c1NC(=O)C1Cc2nc[nH]c2CN1. The van der Waals surface area contributed by atoms with E-state index in [1.165, 1.54) is 0 Å². The highest BCUT2D eigenvalue weighted by molar-refractivity contribution is 5.94. The first-order valence-corrected chi connectivity index (χ1v) is 5.79. The van der Waals surface area contributed by atoms with Crippen molar-refractivity contribution in [2.75, 3.05) is 5.32 Å². The second-order valence-electron chi connectivity index (χ2n) is 4.38. The third-order valence-electron chi connectivity index (χ3n) is 3.12. The van der Waals surface area contributed by atoms with E-state index in [-0.39, 0.29) is 11.9 Å². The summed E-state index contributed by atoms with van der Waals surface area (Å²) in [5.74, 6) is 0.575. The van der Waals surface area contributed by atoms with Crippen molar-refractivity contribution in [3.8, 4) is 0 Å². The van der Waals surface area contributed by atoms with Gasteiger partial charge in [-0.05, 0) is 6.92 Å². The largest absolute Gasteiger partial charge is 0.347 e. The molecule has 1 unspecified atom stereocenters. The van der Waals surface area contributed by atoms with Gasteiger partial charge in [-0.3, -0.25) is 15.2 Å². The highest BCUT2D eigenvalue weighted by Gasteiger charge is 2.26. The lowest BCUT2D eigenvalue weighted by atomic mass is 10.0. The zero-order valence-corrected chi connectivity index (χ0v) is 9.95. The number of amides is 1. The second-order valence-corrected chi connectivity index (χ2v) is 4.38. The summed E-state index contributed by atoms with van der Waals surface area (Å²) in [6.07, 6.45) is 3.93. The van der Waals surface area contributed by atoms with Crippen LogP contribution in [0.3, 0.4) is 0 Å². The fourth-order valence-electron chi connectivity index (χ4n) is 2.04. The third-order valence-corrected chi connectivity index (χ3v) is 3.12. The van der Waals surface area contributed by atoms with Gasteiger partial charge in [0, 0.05) is 18.5 Å². The molecule has 1 aliphatic rings. The Morgan fingerprint density at radius 2 is 2.44 bits per heavy atom. The Morgan fingerprint density at radius 1 is 1.56 bits per heavy atom. The van der Waals surface area contributed by atoms with Gasteiger partial charge in [-0.15, -0.1) is 0 Å². The Hall–Kier alpha value is -2.15. The van der Waals surface area contributed by atoms with Crippen molar-refractivity contribution in [3.63, 3.8) is 0 Å². The van der Waals surface area contributed by atoms with Crippen LogP contribution in [-0.4, -0.2) is 32.1 Å². The van der Waals surface area contributed by atoms with Crippen molar-refractivity contribution in [3.05, 3.63) is 29.5 Å². The summed E-state index contributed by atoms with van der Waals surface area (Å²) in [7, 11) is 0.